The third-order valence-electron chi connectivity index (χ3n) is 4.89. The number of nitrogens with one attached hydrogen (secondary N) is 1. The van der Waals surface area contributed by atoms with Crippen molar-refractivity contribution in [1.29, 1.82) is 0 Å². The van der Waals surface area contributed by atoms with Crippen molar-refractivity contribution >= 4 is 33.5 Å². The van der Waals surface area contributed by atoms with Gasteiger partial charge in [-0.15, -0.1) is 0 Å². The number of piperazine rings is 1. The average Bonchev–Trinajstić information content (AvgIpc) is 2.77. The standard InChI is InChI=1S/C20H25FN4O3S2/c1-29-15-9-18(23-30(27,28)17-7-5-16(21)6-8-17)20(26)25-13-11-24(12-14-25)19-4-2-3-10-22-19/h2-8,10,18,23H,9,11-15H2,1H3/t18-/m1/s1. The van der Waals surface area contributed by atoms with Gasteiger partial charge < -0.3 is 9.80 Å². The quantitative estimate of drug-likeness (QED) is 0.660. The van der Waals surface area contributed by atoms with E-state index in [1.807, 2.05) is 24.5 Å². The molecule has 1 amide bonds. The monoisotopic (exact) mass is 452 g/mol. The number of hydrogen-bond donors (Lipinski definition) is 1. The molecule has 1 atom stereocenters. The fraction of sp³-hybridized carbons (Fsp3) is 0.400. The Morgan fingerprint density at radius 2 is 1.87 bits per heavy atom. The van der Waals surface area contributed by atoms with Crippen molar-refractivity contribution in [3.63, 3.8) is 0 Å². The highest BCUT2D eigenvalue weighted by Gasteiger charge is 2.31. The summed E-state index contributed by atoms with van der Waals surface area (Å²) in [6, 6.07) is 9.40. The Balaban J connectivity index is 1.67. The van der Waals surface area contributed by atoms with E-state index in [1.54, 1.807) is 22.9 Å². The molecule has 2 heterocycles. The minimum absolute atomic E-state index is 0.0641. The molecule has 1 aromatic carbocycles. The number of benzene rings is 1. The van der Waals surface area contributed by atoms with Gasteiger partial charge in [0.15, 0.2) is 0 Å². The number of halogens is 1. The summed E-state index contributed by atoms with van der Waals surface area (Å²) >= 11 is 1.54. The highest BCUT2D eigenvalue weighted by atomic mass is 32.2. The van der Waals surface area contributed by atoms with Crippen LogP contribution in [-0.4, -0.2) is 68.4 Å². The molecule has 3 rings (SSSR count). The van der Waals surface area contributed by atoms with E-state index in [4.69, 9.17) is 0 Å². The van der Waals surface area contributed by atoms with Gasteiger partial charge in [0.1, 0.15) is 17.7 Å². The van der Waals surface area contributed by atoms with Crippen molar-refractivity contribution in [3.05, 3.63) is 54.5 Å². The molecule has 1 aromatic heterocycles. The molecule has 0 spiro atoms. The van der Waals surface area contributed by atoms with E-state index in [2.05, 4.69) is 14.6 Å². The maximum absolute atomic E-state index is 13.1. The zero-order valence-corrected chi connectivity index (χ0v) is 18.3. The Hall–Kier alpha value is -2.17. The molecular weight excluding hydrogens is 427 g/mol. The molecule has 1 fully saturated rings. The predicted octanol–water partition coefficient (Wildman–Crippen LogP) is 1.97. The molecule has 162 valence electrons. The second kappa shape index (κ2) is 10.2. The van der Waals surface area contributed by atoms with Crippen LogP contribution in [0.15, 0.2) is 53.6 Å². The molecule has 2 aromatic rings. The minimum atomic E-state index is -3.94. The molecule has 1 N–H and O–H groups in total. The summed E-state index contributed by atoms with van der Waals surface area (Å²) in [5, 5.41) is 0. The van der Waals surface area contributed by atoms with Gasteiger partial charge in [-0.05, 0) is 54.8 Å². The van der Waals surface area contributed by atoms with Gasteiger partial charge in [0, 0.05) is 32.4 Å². The second-order valence-electron chi connectivity index (χ2n) is 6.91. The first-order valence-corrected chi connectivity index (χ1v) is 12.5. The molecule has 1 aliphatic heterocycles. The molecule has 0 unspecified atom stereocenters. The Kier molecular flexibility index (Phi) is 7.68. The van der Waals surface area contributed by atoms with Gasteiger partial charge in [0.25, 0.3) is 0 Å². The number of rotatable bonds is 8. The van der Waals surface area contributed by atoms with Crippen LogP contribution < -0.4 is 9.62 Å². The number of hydrogen-bond acceptors (Lipinski definition) is 6. The first-order valence-electron chi connectivity index (χ1n) is 9.62. The first kappa shape index (κ1) is 22.5. The van der Waals surface area contributed by atoms with Gasteiger partial charge in [-0.25, -0.2) is 17.8 Å². The predicted molar refractivity (Wildman–Crippen MR) is 117 cm³/mol. The minimum Gasteiger partial charge on any atom is -0.353 e. The second-order valence-corrected chi connectivity index (χ2v) is 9.61. The lowest BCUT2D eigenvalue weighted by Gasteiger charge is -2.37. The van der Waals surface area contributed by atoms with Gasteiger partial charge in [-0.1, -0.05) is 6.07 Å². The number of nitrogens with zero attached hydrogens (tertiary/aromatic N) is 3. The third-order valence-corrected chi connectivity index (χ3v) is 7.03. The van der Waals surface area contributed by atoms with Crippen molar-refractivity contribution in [3.8, 4) is 0 Å². The van der Waals surface area contributed by atoms with Crippen molar-refractivity contribution in [2.75, 3.05) is 43.1 Å². The zero-order chi connectivity index (χ0) is 21.6. The summed E-state index contributed by atoms with van der Waals surface area (Å²) in [4.78, 5) is 21.2. The molecule has 0 saturated carbocycles. The summed E-state index contributed by atoms with van der Waals surface area (Å²) < 4.78 is 41.1. The Bertz CT molecular complexity index is 934. The summed E-state index contributed by atoms with van der Waals surface area (Å²) in [5.74, 6) is 0.738. The number of carbonyl (C=O) groups is 1. The summed E-state index contributed by atoms with van der Waals surface area (Å²) in [6.45, 7) is 2.23. The fourth-order valence-electron chi connectivity index (χ4n) is 3.25. The largest absolute Gasteiger partial charge is 0.353 e. The normalized spacial score (nSPS) is 15.8. The van der Waals surface area contributed by atoms with Crippen LogP contribution in [0.1, 0.15) is 6.42 Å². The van der Waals surface area contributed by atoms with E-state index in [0.29, 0.717) is 38.4 Å². The number of sulfonamides is 1. The summed E-state index contributed by atoms with van der Waals surface area (Å²) in [7, 11) is -3.94. The van der Waals surface area contributed by atoms with E-state index in [-0.39, 0.29) is 10.8 Å². The third kappa shape index (κ3) is 5.71. The lowest BCUT2D eigenvalue weighted by atomic mass is 10.2. The van der Waals surface area contributed by atoms with E-state index >= 15 is 0 Å². The molecular formula is C20H25FN4O3S2. The van der Waals surface area contributed by atoms with E-state index in [9.17, 15) is 17.6 Å². The van der Waals surface area contributed by atoms with Gasteiger partial charge in [-0.2, -0.15) is 16.5 Å². The van der Waals surface area contributed by atoms with Crippen LogP contribution >= 0.6 is 11.8 Å². The van der Waals surface area contributed by atoms with Gasteiger partial charge in [0.05, 0.1) is 4.90 Å². The van der Waals surface area contributed by atoms with Gasteiger partial charge >= 0.3 is 0 Å². The van der Waals surface area contributed by atoms with Crippen LogP contribution in [0.2, 0.25) is 0 Å². The lowest BCUT2D eigenvalue weighted by molar-refractivity contribution is -0.133. The van der Waals surface area contributed by atoms with Crippen molar-refractivity contribution in [2.24, 2.45) is 0 Å². The van der Waals surface area contributed by atoms with Crippen LogP contribution in [0.5, 0.6) is 0 Å². The smallest absolute Gasteiger partial charge is 0.241 e. The number of amides is 1. The van der Waals surface area contributed by atoms with Crippen LogP contribution in [0.3, 0.4) is 0 Å². The number of anilines is 1. The molecule has 1 aliphatic rings. The van der Waals surface area contributed by atoms with E-state index in [0.717, 1.165) is 18.0 Å². The molecule has 7 nitrogen and oxygen atoms in total. The van der Waals surface area contributed by atoms with Crippen molar-refractivity contribution < 1.29 is 17.6 Å². The topological polar surface area (TPSA) is 82.6 Å². The molecule has 10 heteroatoms. The van der Waals surface area contributed by atoms with Crippen LogP contribution in [0, 0.1) is 5.82 Å². The Labute approximate surface area is 180 Å². The zero-order valence-electron chi connectivity index (χ0n) is 16.7. The Morgan fingerprint density at radius 1 is 1.17 bits per heavy atom. The maximum Gasteiger partial charge on any atom is 0.241 e. The molecule has 0 aliphatic carbocycles. The number of aromatic nitrogens is 1. The average molecular weight is 453 g/mol. The SMILES string of the molecule is CSCC[C@@H](NS(=O)(=O)c1ccc(F)cc1)C(=O)N1CCN(c2ccccn2)CC1. The highest BCUT2D eigenvalue weighted by molar-refractivity contribution is 7.98. The Morgan fingerprint density at radius 3 is 2.47 bits per heavy atom. The number of pyridine rings is 1. The summed E-state index contributed by atoms with van der Waals surface area (Å²) in [6.07, 6.45) is 4.01. The van der Waals surface area contributed by atoms with Crippen molar-refractivity contribution in [2.45, 2.75) is 17.4 Å². The van der Waals surface area contributed by atoms with E-state index in [1.165, 1.54) is 12.1 Å². The van der Waals surface area contributed by atoms with Crippen molar-refractivity contribution in [1.82, 2.24) is 14.6 Å². The number of thioether (sulfide) groups is 1. The molecule has 0 bridgehead atoms. The van der Waals surface area contributed by atoms with Crippen LogP contribution in [-0.2, 0) is 14.8 Å². The fourth-order valence-corrected chi connectivity index (χ4v) is 4.95. The summed E-state index contributed by atoms with van der Waals surface area (Å²) in [5.41, 5.74) is 0. The first-order chi connectivity index (χ1) is 14.4. The molecule has 30 heavy (non-hydrogen) atoms. The van der Waals surface area contributed by atoms with Crippen LogP contribution in [0.4, 0.5) is 10.2 Å². The lowest BCUT2D eigenvalue weighted by Crippen LogP contribution is -2.55. The van der Waals surface area contributed by atoms with Gasteiger partial charge in [0.2, 0.25) is 15.9 Å². The molecule has 0 radical (unpaired) electrons. The van der Waals surface area contributed by atoms with Gasteiger partial charge in [-0.3, -0.25) is 4.79 Å². The number of carbonyl (C=O) groups excluding carboxylic acids is 1. The van der Waals surface area contributed by atoms with E-state index < -0.39 is 21.9 Å². The highest BCUT2D eigenvalue weighted by Crippen LogP contribution is 2.16. The maximum atomic E-state index is 13.1. The molecule has 1 saturated heterocycles. The van der Waals surface area contributed by atoms with Crippen LogP contribution in [0.25, 0.3) is 0 Å².